The summed E-state index contributed by atoms with van der Waals surface area (Å²) in [6.07, 6.45) is 2.03. The first-order valence-corrected chi connectivity index (χ1v) is 10.8. The van der Waals surface area contributed by atoms with E-state index in [0.717, 1.165) is 5.56 Å². The molecule has 0 bridgehead atoms. The van der Waals surface area contributed by atoms with Crippen LogP contribution in [0.3, 0.4) is 0 Å². The predicted molar refractivity (Wildman–Crippen MR) is 126 cm³/mol. The SMILES string of the molecule is CCc1nc2ccccc2c(=O)n1Cc1noc(-c2ccc(C)c(NC(=O)c3ccco3)c2)n1. The van der Waals surface area contributed by atoms with Crippen molar-refractivity contribution in [3.05, 3.63) is 94.2 Å². The Hall–Kier alpha value is -4.53. The fourth-order valence-electron chi connectivity index (χ4n) is 3.71. The van der Waals surface area contributed by atoms with Crippen LogP contribution in [0.15, 0.2) is 74.6 Å². The number of furan rings is 1. The van der Waals surface area contributed by atoms with Crippen molar-refractivity contribution in [2.24, 2.45) is 0 Å². The standard InChI is InChI=1S/C25H21N5O4/c1-3-22-26-18-8-5-4-7-17(18)25(32)30(22)14-21-28-24(34-29-21)16-11-10-15(2)19(13-16)27-23(31)20-9-6-12-33-20/h4-13H,3,14H2,1-2H3,(H,27,31). The Morgan fingerprint density at radius 1 is 1.09 bits per heavy atom. The van der Waals surface area contributed by atoms with Crippen molar-refractivity contribution in [3.63, 3.8) is 0 Å². The van der Waals surface area contributed by atoms with E-state index in [1.54, 1.807) is 28.8 Å². The molecule has 0 fully saturated rings. The van der Waals surface area contributed by atoms with Gasteiger partial charge in [-0.1, -0.05) is 30.3 Å². The van der Waals surface area contributed by atoms with Crippen molar-refractivity contribution in [2.45, 2.75) is 26.8 Å². The normalized spacial score (nSPS) is 11.1. The van der Waals surface area contributed by atoms with Crippen molar-refractivity contribution in [2.75, 3.05) is 5.32 Å². The number of carbonyl (C=O) groups excluding carboxylic acids is 1. The van der Waals surface area contributed by atoms with Gasteiger partial charge in [0.05, 0.1) is 23.7 Å². The molecule has 9 heteroatoms. The predicted octanol–water partition coefficient (Wildman–Crippen LogP) is 4.21. The number of anilines is 1. The van der Waals surface area contributed by atoms with E-state index in [-0.39, 0.29) is 29.7 Å². The third kappa shape index (κ3) is 3.99. The van der Waals surface area contributed by atoms with Crippen molar-refractivity contribution >= 4 is 22.5 Å². The molecule has 5 aromatic rings. The maximum absolute atomic E-state index is 13.1. The van der Waals surface area contributed by atoms with Gasteiger partial charge in [0.15, 0.2) is 11.6 Å². The summed E-state index contributed by atoms with van der Waals surface area (Å²) in [5.41, 5.74) is 2.62. The molecule has 0 aliphatic heterocycles. The summed E-state index contributed by atoms with van der Waals surface area (Å²) in [6, 6.07) is 15.9. The van der Waals surface area contributed by atoms with Gasteiger partial charge in [0.2, 0.25) is 0 Å². The zero-order valence-electron chi connectivity index (χ0n) is 18.6. The van der Waals surface area contributed by atoms with Crippen LogP contribution in [0.1, 0.15) is 34.7 Å². The summed E-state index contributed by atoms with van der Waals surface area (Å²) >= 11 is 0. The topological polar surface area (TPSA) is 116 Å². The minimum atomic E-state index is -0.355. The van der Waals surface area contributed by atoms with Gasteiger partial charge in [-0.3, -0.25) is 14.2 Å². The number of fused-ring (bicyclic) bond motifs is 1. The minimum Gasteiger partial charge on any atom is -0.459 e. The van der Waals surface area contributed by atoms with Gasteiger partial charge >= 0.3 is 0 Å². The quantitative estimate of drug-likeness (QED) is 0.408. The number of hydrogen-bond donors (Lipinski definition) is 1. The third-order valence-electron chi connectivity index (χ3n) is 5.50. The van der Waals surface area contributed by atoms with Gasteiger partial charge in [-0.15, -0.1) is 0 Å². The second-order valence-corrected chi connectivity index (χ2v) is 7.77. The fraction of sp³-hybridized carbons (Fsp3) is 0.160. The first-order chi connectivity index (χ1) is 16.5. The number of nitrogens with one attached hydrogen (secondary N) is 1. The van der Waals surface area contributed by atoms with E-state index in [9.17, 15) is 9.59 Å². The summed E-state index contributed by atoms with van der Waals surface area (Å²) in [6.45, 7) is 3.96. The summed E-state index contributed by atoms with van der Waals surface area (Å²) in [4.78, 5) is 34.5. The molecule has 0 radical (unpaired) electrons. The van der Waals surface area contributed by atoms with Crippen molar-refractivity contribution in [3.8, 4) is 11.5 Å². The van der Waals surface area contributed by atoms with E-state index in [0.29, 0.717) is 40.2 Å². The molecule has 9 nitrogen and oxygen atoms in total. The number of para-hydroxylation sites is 1. The van der Waals surface area contributed by atoms with E-state index >= 15 is 0 Å². The molecule has 0 atom stereocenters. The van der Waals surface area contributed by atoms with E-state index in [2.05, 4.69) is 20.4 Å². The van der Waals surface area contributed by atoms with E-state index in [4.69, 9.17) is 8.94 Å². The number of rotatable bonds is 6. The molecule has 0 saturated carbocycles. The fourth-order valence-corrected chi connectivity index (χ4v) is 3.71. The van der Waals surface area contributed by atoms with Gasteiger partial charge in [0, 0.05) is 17.7 Å². The van der Waals surface area contributed by atoms with E-state index in [1.807, 2.05) is 44.2 Å². The van der Waals surface area contributed by atoms with Crippen LogP contribution in [0.2, 0.25) is 0 Å². The molecular formula is C25H21N5O4. The largest absolute Gasteiger partial charge is 0.459 e. The Bertz CT molecular complexity index is 1550. The second kappa shape index (κ2) is 8.78. The number of carbonyl (C=O) groups is 1. The lowest BCUT2D eigenvalue weighted by molar-refractivity contribution is 0.0996. The van der Waals surface area contributed by atoms with Crippen molar-refractivity contribution < 1.29 is 13.7 Å². The van der Waals surface area contributed by atoms with Gasteiger partial charge < -0.3 is 14.3 Å². The Kier molecular flexibility index (Phi) is 5.51. The summed E-state index contributed by atoms with van der Waals surface area (Å²) < 4.78 is 12.2. The molecule has 3 heterocycles. The second-order valence-electron chi connectivity index (χ2n) is 7.77. The van der Waals surface area contributed by atoms with Gasteiger partial charge in [-0.05, 0) is 48.9 Å². The number of nitrogens with zero attached hydrogens (tertiary/aromatic N) is 4. The molecule has 0 saturated heterocycles. The van der Waals surface area contributed by atoms with E-state index in [1.165, 1.54) is 6.26 Å². The first-order valence-electron chi connectivity index (χ1n) is 10.8. The van der Waals surface area contributed by atoms with Crippen LogP contribution in [0.5, 0.6) is 0 Å². The Morgan fingerprint density at radius 2 is 1.94 bits per heavy atom. The highest BCUT2D eigenvalue weighted by atomic mass is 16.5. The lowest BCUT2D eigenvalue weighted by atomic mass is 10.1. The lowest BCUT2D eigenvalue weighted by Crippen LogP contribution is -2.26. The number of aromatic nitrogens is 4. The summed E-state index contributed by atoms with van der Waals surface area (Å²) in [5.74, 6) is 1.14. The Labute approximate surface area is 194 Å². The first kappa shape index (κ1) is 21.3. The highest BCUT2D eigenvalue weighted by Gasteiger charge is 2.16. The number of aryl methyl sites for hydroxylation is 2. The van der Waals surface area contributed by atoms with Crippen LogP contribution in [0.4, 0.5) is 5.69 Å². The molecule has 0 aliphatic rings. The highest BCUT2D eigenvalue weighted by molar-refractivity contribution is 6.02. The Balaban J connectivity index is 1.43. The molecular weight excluding hydrogens is 434 g/mol. The highest BCUT2D eigenvalue weighted by Crippen LogP contribution is 2.25. The molecule has 2 aromatic carbocycles. The maximum Gasteiger partial charge on any atom is 0.291 e. The van der Waals surface area contributed by atoms with E-state index < -0.39 is 0 Å². The monoisotopic (exact) mass is 455 g/mol. The number of hydrogen-bond acceptors (Lipinski definition) is 7. The maximum atomic E-state index is 13.1. The van der Waals surface area contributed by atoms with Crippen LogP contribution >= 0.6 is 0 Å². The van der Waals surface area contributed by atoms with Crippen LogP contribution in [0.25, 0.3) is 22.4 Å². The Morgan fingerprint density at radius 3 is 2.74 bits per heavy atom. The smallest absolute Gasteiger partial charge is 0.291 e. The number of amides is 1. The molecule has 0 aliphatic carbocycles. The molecule has 0 spiro atoms. The van der Waals surface area contributed by atoms with Crippen LogP contribution < -0.4 is 10.9 Å². The molecule has 3 aromatic heterocycles. The van der Waals surface area contributed by atoms with Crippen molar-refractivity contribution in [1.82, 2.24) is 19.7 Å². The average molecular weight is 455 g/mol. The van der Waals surface area contributed by atoms with Gasteiger partial charge in [-0.2, -0.15) is 4.98 Å². The van der Waals surface area contributed by atoms with Crippen LogP contribution in [0, 0.1) is 6.92 Å². The lowest BCUT2D eigenvalue weighted by Gasteiger charge is -2.10. The summed E-state index contributed by atoms with van der Waals surface area (Å²) in [7, 11) is 0. The third-order valence-corrected chi connectivity index (χ3v) is 5.50. The van der Waals surface area contributed by atoms with Crippen LogP contribution in [-0.2, 0) is 13.0 Å². The molecule has 34 heavy (non-hydrogen) atoms. The van der Waals surface area contributed by atoms with Crippen molar-refractivity contribution in [1.29, 1.82) is 0 Å². The molecule has 0 unspecified atom stereocenters. The van der Waals surface area contributed by atoms with Gasteiger partial charge in [0.1, 0.15) is 5.82 Å². The average Bonchev–Trinajstić information content (AvgIpc) is 3.55. The molecule has 170 valence electrons. The van der Waals surface area contributed by atoms with Gasteiger partial charge in [0.25, 0.3) is 17.4 Å². The molecule has 1 amide bonds. The minimum absolute atomic E-state index is 0.136. The molecule has 5 rings (SSSR count). The zero-order valence-corrected chi connectivity index (χ0v) is 18.6. The molecule has 1 N–H and O–H groups in total. The number of benzene rings is 2. The summed E-state index contributed by atoms with van der Waals surface area (Å²) in [5, 5.41) is 7.44. The zero-order chi connectivity index (χ0) is 23.7. The van der Waals surface area contributed by atoms with Gasteiger partial charge in [-0.25, -0.2) is 4.98 Å². The van der Waals surface area contributed by atoms with Crippen LogP contribution in [-0.4, -0.2) is 25.6 Å².